The van der Waals surface area contributed by atoms with Crippen LogP contribution in [0.15, 0.2) is 18.2 Å². The van der Waals surface area contributed by atoms with E-state index in [1.54, 1.807) is 6.07 Å². The van der Waals surface area contributed by atoms with Crippen molar-refractivity contribution in [1.29, 1.82) is 0 Å². The lowest BCUT2D eigenvalue weighted by atomic mass is 10.0. The molecule has 1 aliphatic heterocycles. The van der Waals surface area contributed by atoms with Crippen molar-refractivity contribution in [2.75, 3.05) is 18.8 Å². The smallest absolute Gasteiger partial charge is 0.325 e. The molecule has 1 atom stereocenters. The van der Waals surface area contributed by atoms with E-state index in [0.717, 1.165) is 38.8 Å². The van der Waals surface area contributed by atoms with E-state index in [4.69, 9.17) is 5.73 Å². The molecule has 0 spiro atoms. The summed E-state index contributed by atoms with van der Waals surface area (Å²) in [6.45, 7) is 1.48. The fraction of sp³-hybridized carbons (Fsp3) is 0.533. The maximum Gasteiger partial charge on any atom is 0.325 e. The Bertz CT molecular complexity index is 471. The van der Waals surface area contributed by atoms with Gasteiger partial charge >= 0.3 is 5.97 Å². The highest BCUT2D eigenvalue weighted by molar-refractivity contribution is 5.75. The number of carbonyl (C=O) groups is 1. The van der Waals surface area contributed by atoms with Crippen LogP contribution in [0.25, 0.3) is 0 Å². The molecule has 1 aromatic carbocycles. The maximum atomic E-state index is 13.6. The van der Waals surface area contributed by atoms with Gasteiger partial charge in [-0.2, -0.15) is 0 Å². The molecule has 4 nitrogen and oxygen atoms in total. The summed E-state index contributed by atoms with van der Waals surface area (Å²) in [6.07, 6.45) is 5.43. The largest absolute Gasteiger partial charge is 0.480 e. The van der Waals surface area contributed by atoms with Gasteiger partial charge in [0.2, 0.25) is 0 Å². The molecule has 20 heavy (non-hydrogen) atoms. The summed E-state index contributed by atoms with van der Waals surface area (Å²) in [5.74, 6) is -1.49. The van der Waals surface area contributed by atoms with Crippen molar-refractivity contribution < 1.29 is 14.3 Å². The molecule has 110 valence electrons. The zero-order valence-corrected chi connectivity index (χ0v) is 11.5. The summed E-state index contributed by atoms with van der Waals surface area (Å²) >= 11 is 0. The van der Waals surface area contributed by atoms with E-state index in [1.807, 2.05) is 4.90 Å². The molecule has 0 aliphatic carbocycles. The first kappa shape index (κ1) is 14.8. The summed E-state index contributed by atoms with van der Waals surface area (Å²) in [5.41, 5.74) is 5.96. The summed E-state index contributed by atoms with van der Waals surface area (Å²) < 4.78 is 13.6. The number of nitrogen functional groups attached to an aromatic ring is 1. The van der Waals surface area contributed by atoms with Crippen molar-refractivity contribution in [1.82, 2.24) is 4.90 Å². The summed E-state index contributed by atoms with van der Waals surface area (Å²) in [4.78, 5) is 13.5. The molecule has 0 saturated carbocycles. The Labute approximate surface area is 118 Å². The number of nitrogens with two attached hydrogens (primary N) is 1. The molecule has 0 amide bonds. The first-order chi connectivity index (χ1) is 9.59. The fourth-order valence-corrected chi connectivity index (χ4v) is 2.75. The highest BCUT2D eigenvalue weighted by Gasteiger charge is 2.28. The summed E-state index contributed by atoms with van der Waals surface area (Å²) in [6, 6.07) is 3.50. The number of aliphatic carboxylic acids is 1. The number of hydrogen-bond donors (Lipinski definition) is 2. The van der Waals surface area contributed by atoms with Crippen LogP contribution in [0.1, 0.15) is 43.7 Å². The molecule has 2 rings (SSSR count). The van der Waals surface area contributed by atoms with Gasteiger partial charge in [0, 0.05) is 0 Å². The van der Waals surface area contributed by atoms with Crippen molar-refractivity contribution in [2.24, 2.45) is 0 Å². The van der Waals surface area contributed by atoms with Gasteiger partial charge in [0.1, 0.15) is 11.9 Å². The molecule has 1 unspecified atom stereocenters. The van der Waals surface area contributed by atoms with Crippen LogP contribution < -0.4 is 5.73 Å². The van der Waals surface area contributed by atoms with Crippen LogP contribution in [0, 0.1) is 5.82 Å². The molecule has 0 radical (unpaired) electrons. The minimum atomic E-state index is -0.935. The van der Waals surface area contributed by atoms with E-state index in [0.29, 0.717) is 5.56 Å². The second-order valence-electron chi connectivity index (χ2n) is 5.33. The number of anilines is 1. The molecular weight excluding hydrogens is 259 g/mol. The number of carboxylic acids is 1. The third kappa shape index (κ3) is 3.48. The molecule has 1 aliphatic rings. The monoisotopic (exact) mass is 280 g/mol. The average Bonchev–Trinajstić information content (AvgIpc) is 2.36. The third-order valence-corrected chi connectivity index (χ3v) is 3.83. The van der Waals surface area contributed by atoms with Crippen LogP contribution in [0.2, 0.25) is 0 Å². The Morgan fingerprint density at radius 2 is 1.80 bits per heavy atom. The van der Waals surface area contributed by atoms with E-state index in [1.165, 1.54) is 18.6 Å². The lowest BCUT2D eigenvalue weighted by Crippen LogP contribution is -2.36. The average molecular weight is 280 g/mol. The van der Waals surface area contributed by atoms with Gasteiger partial charge in [0.05, 0.1) is 5.69 Å². The first-order valence-electron chi connectivity index (χ1n) is 7.11. The van der Waals surface area contributed by atoms with Crippen molar-refractivity contribution in [3.8, 4) is 0 Å². The number of halogens is 1. The zero-order valence-electron chi connectivity index (χ0n) is 11.5. The van der Waals surface area contributed by atoms with E-state index in [9.17, 15) is 14.3 Å². The number of hydrogen-bond acceptors (Lipinski definition) is 3. The Hall–Kier alpha value is -1.62. The Morgan fingerprint density at radius 1 is 1.20 bits per heavy atom. The van der Waals surface area contributed by atoms with Crippen LogP contribution in [-0.4, -0.2) is 29.1 Å². The molecule has 1 saturated heterocycles. The normalized spacial score (nSPS) is 19.1. The van der Waals surface area contributed by atoms with Crippen molar-refractivity contribution >= 4 is 11.7 Å². The van der Waals surface area contributed by atoms with Crippen LogP contribution in [0.4, 0.5) is 10.1 Å². The second-order valence-corrected chi connectivity index (χ2v) is 5.33. The van der Waals surface area contributed by atoms with E-state index in [2.05, 4.69) is 0 Å². The zero-order chi connectivity index (χ0) is 14.5. The lowest BCUT2D eigenvalue weighted by Gasteiger charge is -2.30. The molecular formula is C15H21FN2O2. The van der Waals surface area contributed by atoms with Gasteiger partial charge in [0.15, 0.2) is 0 Å². The maximum absolute atomic E-state index is 13.6. The lowest BCUT2D eigenvalue weighted by molar-refractivity contribution is -0.143. The standard InChI is InChI=1S/C15H21FN2O2/c16-12-10-11(6-7-13(12)17)14(15(19)20)18-8-4-2-1-3-5-9-18/h6-7,10,14H,1-5,8-9,17H2,(H,19,20). The van der Waals surface area contributed by atoms with E-state index >= 15 is 0 Å². The molecule has 1 heterocycles. The van der Waals surface area contributed by atoms with Crippen molar-refractivity contribution in [3.05, 3.63) is 29.6 Å². The van der Waals surface area contributed by atoms with Gasteiger partial charge in [-0.25, -0.2) is 4.39 Å². The fourth-order valence-electron chi connectivity index (χ4n) is 2.75. The quantitative estimate of drug-likeness (QED) is 0.835. The number of carboxylic acid groups (broad SMARTS) is 1. The van der Waals surface area contributed by atoms with E-state index < -0.39 is 17.8 Å². The van der Waals surface area contributed by atoms with Crippen LogP contribution in [0.5, 0.6) is 0 Å². The Balaban J connectivity index is 2.24. The minimum Gasteiger partial charge on any atom is -0.480 e. The molecule has 0 aromatic heterocycles. The summed E-state index contributed by atoms with van der Waals surface area (Å²) in [5, 5.41) is 9.51. The van der Waals surface area contributed by atoms with E-state index in [-0.39, 0.29) is 5.69 Å². The molecule has 1 fully saturated rings. The summed E-state index contributed by atoms with van der Waals surface area (Å²) in [7, 11) is 0. The third-order valence-electron chi connectivity index (χ3n) is 3.83. The SMILES string of the molecule is Nc1ccc(C(C(=O)O)N2CCCCCCC2)cc1F. The van der Waals surface area contributed by atoms with Gasteiger partial charge < -0.3 is 10.8 Å². The van der Waals surface area contributed by atoms with Crippen LogP contribution >= 0.6 is 0 Å². The predicted molar refractivity (Wildman–Crippen MR) is 75.8 cm³/mol. The number of benzene rings is 1. The molecule has 3 N–H and O–H groups in total. The first-order valence-corrected chi connectivity index (χ1v) is 7.11. The Kier molecular flexibility index (Phi) is 4.95. The number of likely N-dealkylation sites (tertiary alicyclic amines) is 1. The molecule has 1 aromatic rings. The molecule has 0 bridgehead atoms. The van der Waals surface area contributed by atoms with Gasteiger partial charge in [-0.3, -0.25) is 9.69 Å². The topological polar surface area (TPSA) is 66.6 Å². The highest BCUT2D eigenvalue weighted by Crippen LogP contribution is 2.26. The van der Waals surface area contributed by atoms with Gasteiger partial charge in [0.25, 0.3) is 0 Å². The molecule has 5 heteroatoms. The highest BCUT2D eigenvalue weighted by atomic mass is 19.1. The predicted octanol–water partition coefficient (Wildman–Crippen LogP) is 2.80. The number of rotatable bonds is 3. The van der Waals surface area contributed by atoms with Crippen LogP contribution in [-0.2, 0) is 4.79 Å². The number of nitrogens with zero attached hydrogens (tertiary/aromatic N) is 1. The second kappa shape index (κ2) is 6.70. The minimum absolute atomic E-state index is 0.0468. The van der Waals surface area contributed by atoms with Crippen molar-refractivity contribution in [2.45, 2.75) is 38.1 Å². The van der Waals surface area contributed by atoms with Crippen LogP contribution in [0.3, 0.4) is 0 Å². The van der Waals surface area contributed by atoms with Gasteiger partial charge in [-0.05, 0) is 43.6 Å². The Morgan fingerprint density at radius 3 is 2.35 bits per heavy atom. The van der Waals surface area contributed by atoms with Gasteiger partial charge in [-0.1, -0.05) is 25.3 Å². The van der Waals surface area contributed by atoms with Gasteiger partial charge in [-0.15, -0.1) is 0 Å². The van der Waals surface area contributed by atoms with Crippen molar-refractivity contribution in [3.63, 3.8) is 0 Å².